The van der Waals surface area contributed by atoms with Crippen LogP contribution in [-0.2, 0) is 11.3 Å². The van der Waals surface area contributed by atoms with Crippen LogP contribution in [0.25, 0.3) is 22.2 Å². The topological polar surface area (TPSA) is 74.6 Å². The number of fused-ring (bicyclic) bond motifs is 1. The van der Waals surface area contributed by atoms with Gasteiger partial charge in [-0.3, -0.25) is 9.69 Å². The normalized spacial score (nSPS) is 20.1. The van der Waals surface area contributed by atoms with Crippen LogP contribution in [0.1, 0.15) is 98.9 Å². The SMILES string of the molecule is O=C(Cn1c(-c2ccccc2)c(C2CCCCC2)c2ccc(C(=O)O)cc21)NCC1(N2CCCCC2)CCCC1. The molecule has 0 radical (unpaired) electrons. The van der Waals surface area contributed by atoms with Crippen LogP contribution < -0.4 is 5.32 Å². The first-order valence-corrected chi connectivity index (χ1v) is 15.5. The molecule has 0 atom stereocenters. The van der Waals surface area contributed by atoms with Gasteiger partial charge < -0.3 is 15.0 Å². The van der Waals surface area contributed by atoms with Crippen LogP contribution in [0.3, 0.4) is 0 Å². The number of carboxylic acid groups (broad SMARTS) is 1. The maximum absolute atomic E-state index is 13.8. The summed E-state index contributed by atoms with van der Waals surface area (Å²) in [5, 5.41) is 14.3. The second kappa shape index (κ2) is 11.8. The molecule has 3 aromatic rings. The highest BCUT2D eigenvalue weighted by molar-refractivity contribution is 5.99. The molecule has 0 spiro atoms. The third-order valence-electron chi connectivity index (χ3n) is 9.89. The second-order valence-electron chi connectivity index (χ2n) is 12.3. The third kappa shape index (κ3) is 5.30. The average molecular weight is 542 g/mol. The van der Waals surface area contributed by atoms with Crippen molar-refractivity contribution in [3.63, 3.8) is 0 Å². The smallest absolute Gasteiger partial charge is 0.335 e. The van der Waals surface area contributed by atoms with Gasteiger partial charge in [0.25, 0.3) is 0 Å². The Kier molecular flexibility index (Phi) is 7.97. The highest BCUT2D eigenvalue weighted by atomic mass is 16.4. The van der Waals surface area contributed by atoms with Crippen molar-refractivity contribution in [3.05, 3.63) is 59.7 Å². The lowest BCUT2D eigenvalue weighted by Gasteiger charge is -2.43. The summed E-state index contributed by atoms with van der Waals surface area (Å²) in [6.45, 7) is 3.16. The first kappa shape index (κ1) is 27.1. The Morgan fingerprint density at radius 2 is 1.57 bits per heavy atom. The molecule has 3 fully saturated rings. The van der Waals surface area contributed by atoms with Gasteiger partial charge in [0.2, 0.25) is 5.91 Å². The Hall–Kier alpha value is -3.12. The number of likely N-dealkylation sites (tertiary alicyclic amines) is 1. The van der Waals surface area contributed by atoms with E-state index in [0.29, 0.717) is 12.5 Å². The van der Waals surface area contributed by atoms with E-state index in [0.717, 1.165) is 60.9 Å². The van der Waals surface area contributed by atoms with Crippen LogP contribution in [0, 0.1) is 0 Å². The molecule has 0 unspecified atom stereocenters. The van der Waals surface area contributed by atoms with Gasteiger partial charge in [0.1, 0.15) is 6.54 Å². The minimum atomic E-state index is -0.940. The third-order valence-corrected chi connectivity index (χ3v) is 9.89. The fourth-order valence-electron chi connectivity index (χ4n) is 7.85. The van der Waals surface area contributed by atoms with Crippen molar-refractivity contribution in [2.75, 3.05) is 19.6 Å². The number of benzene rings is 2. The first-order valence-electron chi connectivity index (χ1n) is 15.5. The minimum absolute atomic E-state index is 0.00767. The number of piperidine rings is 1. The van der Waals surface area contributed by atoms with Gasteiger partial charge in [-0.2, -0.15) is 0 Å². The van der Waals surface area contributed by atoms with Crippen LogP contribution >= 0.6 is 0 Å². The number of carbonyl (C=O) groups is 2. The van der Waals surface area contributed by atoms with Crippen LogP contribution in [0.5, 0.6) is 0 Å². The standard InChI is InChI=1S/C34H43N3O3/c38-30(35-24-34(18-8-9-19-34)36-20-10-3-11-21-36)23-37-29-22-27(33(39)40)16-17-28(29)31(25-12-4-1-5-13-25)32(37)26-14-6-2-7-15-26/h2,6-7,14-17,22,25H,1,3-5,8-13,18-21,23-24H2,(H,35,38)(H,39,40). The van der Waals surface area contributed by atoms with Crippen LogP contribution in [-0.4, -0.2) is 51.6 Å². The maximum Gasteiger partial charge on any atom is 0.335 e. The summed E-state index contributed by atoms with van der Waals surface area (Å²) in [6, 6.07) is 15.8. The molecule has 2 aliphatic carbocycles. The van der Waals surface area contributed by atoms with Crippen molar-refractivity contribution < 1.29 is 14.7 Å². The number of nitrogens with one attached hydrogen (secondary N) is 1. The lowest BCUT2D eigenvalue weighted by Crippen LogP contribution is -2.55. The van der Waals surface area contributed by atoms with E-state index in [9.17, 15) is 14.7 Å². The largest absolute Gasteiger partial charge is 0.478 e. The Morgan fingerprint density at radius 3 is 2.27 bits per heavy atom. The maximum atomic E-state index is 13.8. The number of aromatic carboxylic acids is 1. The number of amides is 1. The average Bonchev–Trinajstić information content (AvgIpc) is 3.61. The molecule has 2 heterocycles. The number of aromatic nitrogens is 1. The van der Waals surface area contributed by atoms with Crippen LogP contribution in [0.2, 0.25) is 0 Å². The van der Waals surface area contributed by atoms with Gasteiger partial charge in [0.05, 0.1) is 16.8 Å². The van der Waals surface area contributed by atoms with Crippen LogP contribution in [0.15, 0.2) is 48.5 Å². The van der Waals surface area contributed by atoms with E-state index < -0.39 is 5.97 Å². The second-order valence-corrected chi connectivity index (χ2v) is 12.3. The zero-order valence-corrected chi connectivity index (χ0v) is 23.7. The Labute approximate surface area is 237 Å². The molecule has 1 aromatic heterocycles. The molecule has 212 valence electrons. The Balaban J connectivity index is 1.37. The summed E-state index contributed by atoms with van der Waals surface area (Å²) >= 11 is 0. The first-order chi connectivity index (χ1) is 19.6. The molecule has 2 saturated carbocycles. The van der Waals surface area contributed by atoms with Crippen molar-refractivity contribution in [1.82, 2.24) is 14.8 Å². The molecule has 0 bridgehead atoms. The fourth-order valence-corrected chi connectivity index (χ4v) is 7.85. The van der Waals surface area contributed by atoms with Gasteiger partial charge in [0, 0.05) is 17.5 Å². The predicted molar refractivity (Wildman–Crippen MR) is 160 cm³/mol. The molecule has 6 nitrogen and oxygen atoms in total. The van der Waals surface area contributed by atoms with E-state index in [1.54, 1.807) is 12.1 Å². The number of hydrogen-bond acceptors (Lipinski definition) is 3. The highest BCUT2D eigenvalue weighted by Crippen LogP contribution is 2.44. The van der Waals surface area contributed by atoms with E-state index in [4.69, 9.17) is 0 Å². The molecule has 2 aromatic carbocycles. The number of carboxylic acids is 1. The van der Waals surface area contributed by atoms with E-state index in [-0.39, 0.29) is 23.6 Å². The van der Waals surface area contributed by atoms with Gasteiger partial charge in [-0.25, -0.2) is 4.79 Å². The molecular formula is C34H43N3O3. The molecule has 6 heteroatoms. The van der Waals surface area contributed by atoms with Crippen molar-refractivity contribution in [3.8, 4) is 11.3 Å². The Morgan fingerprint density at radius 1 is 0.875 bits per heavy atom. The van der Waals surface area contributed by atoms with Crippen molar-refractivity contribution >= 4 is 22.8 Å². The summed E-state index contributed by atoms with van der Waals surface area (Å²) in [4.78, 5) is 28.4. The lowest BCUT2D eigenvalue weighted by atomic mass is 9.82. The van der Waals surface area contributed by atoms with Crippen LogP contribution in [0.4, 0.5) is 0 Å². The van der Waals surface area contributed by atoms with Gasteiger partial charge in [-0.1, -0.05) is 74.9 Å². The molecule has 40 heavy (non-hydrogen) atoms. The Bertz CT molecular complexity index is 1340. The zero-order valence-electron chi connectivity index (χ0n) is 23.7. The molecule has 6 rings (SSSR count). The molecule has 3 aliphatic rings. The van der Waals surface area contributed by atoms with Gasteiger partial charge in [-0.15, -0.1) is 0 Å². The van der Waals surface area contributed by atoms with Crippen molar-refractivity contribution in [2.24, 2.45) is 0 Å². The fraction of sp³-hybridized carbons (Fsp3) is 0.529. The number of hydrogen-bond donors (Lipinski definition) is 2. The zero-order chi connectivity index (χ0) is 27.5. The van der Waals surface area contributed by atoms with Gasteiger partial charge in [-0.05, 0) is 80.8 Å². The molecule has 1 amide bonds. The molecule has 1 saturated heterocycles. The summed E-state index contributed by atoms with van der Waals surface area (Å²) in [6.07, 6.45) is 14.5. The number of nitrogens with zero attached hydrogens (tertiary/aromatic N) is 2. The lowest BCUT2D eigenvalue weighted by molar-refractivity contribution is -0.122. The van der Waals surface area contributed by atoms with Gasteiger partial charge in [0.15, 0.2) is 0 Å². The van der Waals surface area contributed by atoms with E-state index in [2.05, 4.69) is 26.9 Å². The highest BCUT2D eigenvalue weighted by Gasteiger charge is 2.40. The monoisotopic (exact) mass is 541 g/mol. The molecular weight excluding hydrogens is 498 g/mol. The quantitative estimate of drug-likeness (QED) is 0.323. The van der Waals surface area contributed by atoms with E-state index in [1.165, 1.54) is 56.9 Å². The van der Waals surface area contributed by atoms with E-state index >= 15 is 0 Å². The predicted octanol–water partition coefficient (Wildman–Crippen LogP) is 6.97. The van der Waals surface area contributed by atoms with Gasteiger partial charge >= 0.3 is 5.97 Å². The number of carbonyl (C=O) groups excluding carboxylic acids is 1. The van der Waals surface area contributed by atoms with Crippen molar-refractivity contribution in [2.45, 2.75) is 95.1 Å². The minimum Gasteiger partial charge on any atom is -0.478 e. The summed E-state index contributed by atoms with van der Waals surface area (Å²) in [5.74, 6) is -0.523. The molecule has 1 aliphatic heterocycles. The summed E-state index contributed by atoms with van der Waals surface area (Å²) in [5.41, 5.74) is 4.64. The number of rotatable bonds is 8. The summed E-state index contributed by atoms with van der Waals surface area (Å²) in [7, 11) is 0. The summed E-state index contributed by atoms with van der Waals surface area (Å²) < 4.78 is 2.11. The molecule has 2 N–H and O–H groups in total. The van der Waals surface area contributed by atoms with E-state index in [1.807, 2.05) is 24.3 Å². The van der Waals surface area contributed by atoms with Crippen molar-refractivity contribution in [1.29, 1.82) is 0 Å².